The number of hydrogen-bond acceptors (Lipinski definition) is 5. The number of ketones is 4. The van der Waals surface area contributed by atoms with Gasteiger partial charge in [0.2, 0.25) is 0 Å². The number of anilines is 1. The van der Waals surface area contributed by atoms with E-state index in [0.29, 0.717) is 35.1 Å². The Balaban J connectivity index is 1.77. The normalized spacial score (nSPS) is 12.8. The summed E-state index contributed by atoms with van der Waals surface area (Å²) in [5.41, 5.74) is 6.20. The molecule has 0 aromatic heterocycles. The summed E-state index contributed by atoms with van der Waals surface area (Å²) in [7, 11) is 0. The molecule has 0 saturated heterocycles. The zero-order chi connectivity index (χ0) is 31.1. The lowest BCUT2D eigenvalue weighted by Crippen LogP contribution is -2.31. The minimum absolute atomic E-state index is 0.00190. The van der Waals surface area contributed by atoms with Crippen molar-refractivity contribution in [2.75, 3.05) is 5.73 Å². The van der Waals surface area contributed by atoms with Crippen LogP contribution in [0.2, 0.25) is 0 Å². The minimum Gasteiger partial charge on any atom is -0.398 e. The number of benzene rings is 3. The third-order valence-electron chi connectivity index (χ3n) is 7.89. The second-order valence-electron chi connectivity index (χ2n) is 14.7. The van der Waals surface area contributed by atoms with E-state index in [-0.39, 0.29) is 28.8 Å². The molecular weight excluding hydrogens is 510 g/mol. The number of fused-ring (bicyclic) bond motifs is 1. The Bertz CT molecular complexity index is 1530. The van der Waals surface area contributed by atoms with Crippen molar-refractivity contribution in [3.05, 3.63) is 76.9 Å². The highest BCUT2D eigenvalue weighted by molar-refractivity contribution is 6.08. The Morgan fingerprint density at radius 1 is 0.512 bits per heavy atom. The summed E-state index contributed by atoms with van der Waals surface area (Å²) < 4.78 is 0. The zero-order valence-corrected chi connectivity index (χ0v) is 26.3. The Hall–Kier alpha value is -3.60. The second-order valence-corrected chi connectivity index (χ2v) is 14.7. The summed E-state index contributed by atoms with van der Waals surface area (Å²) in [6, 6.07) is 16.1. The molecule has 0 saturated carbocycles. The van der Waals surface area contributed by atoms with Crippen molar-refractivity contribution in [1.82, 2.24) is 0 Å². The van der Waals surface area contributed by atoms with Crippen LogP contribution >= 0.6 is 0 Å². The summed E-state index contributed by atoms with van der Waals surface area (Å²) >= 11 is 0. The highest BCUT2D eigenvalue weighted by atomic mass is 16.1. The smallest absolute Gasteiger partial charge is 0.170 e. The maximum Gasteiger partial charge on any atom is 0.170 e. The predicted octanol–water partition coefficient (Wildman–Crippen LogP) is 8.78. The third-order valence-corrected chi connectivity index (χ3v) is 7.89. The van der Waals surface area contributed by atoms with Crippen LogP contribution in [0.4, 0.5) is 5.69 Å². The number of Topliss-reactive ketones (excluding diaryl/α,β-unsaturated/α-hetero) is 4. The molecule has 0 aliphatic rings. The maximum absolute atomic E-state index is 13.6. The van der Waals surface area contributed by atoms with Crippen LogP contribution in [0.25, 0.3) is 10.8 Å². The topological polar surface area (TPSA) is 94.3 Å². The van der Waals surface area contributed by atoms with Gasteiger partial charge < -0.3 is 5.73 Å². The summed E-state index contributed by atoms with van der Waals surface area (Å²) in [5, 5.41) is 1.81. The first-order chi connectivity index (χ1) is 18.6. The summed E-state index contributed by atoms with van der Waals surface area (Å²) in [6.45, 7) is 18.8. The molecule has 0 amide bonds. The van der Waals surface area contributed by atoms with Gasteiger partial charge in [0, 0.05) is 49.6 Å². The lowest BCUT2D eigenvalue weighted by molar-refractivity contribution is 0.0742. The second kappa shape index (κ2) is 11.0. The van der Waals surface area contributed by atoms with E-state index in [1.165, 1.54) is 0 Å². The maximum atomic E-state index is 13.6. The molecule has 0 radical (unpaired) electrons. The van der Waals surface area contributed by atoms with Crippen LogP contribution in [-0.4, -0.2) is 23.1 Å². The highest BCUT2D eigenvalue weighted by Gasteiger charge is 2.36. The molecule has 5 nitrogen and oxygen atoms in total. The van der Waals surface area contributed by atoms with E-state index < -0.39 is 21.7 Å². The van der Waals surface area contributed by atoms with Gasteiger partial charge in [-0.3, -0.25) is 19.2 Å². The zero-order valence-electron chi connectivity index (χ0n) is 26.3. The Morgan fingerprint density at radius 2 is 0.878 bits per heavy atom. The summed E-state index contributed by atoms with van der Waals surface area (Å²) in [4.78, 5) is 52.5. The van der Waals surface area contributed by atoms with Gasteiger partial charge in [-0.15, -0.1) is 0 Å². The fourth-order valence-corrected chi connectivity index (χ4v) is 4.91. The van der Waals surface area contributed by atoms with E-state index in [2.05, 4.69) is 0 Å². The van der Waals surface area contributed by atoms with Gasteiger partial charge in [-0.25, -0.2) is 0 Å². The Morgan fingerprint density at radius 3 is 1.29 bits per heavy atom. The van der Waals surface area contributed by atoms with Crippen molar-refractivity contribution in [3.8, 4) is 0 Å². The van der Waals surface area contributed by atoms with Gasteiger partial charge in [-0.05, 0) is 47.9 Å². The van der Waals surface area contributed by atoms with Crippen LogP contribution in [0, 0.1) is 21.7 Å². The van der Waals surface area contributed by atoms with E-state index in [1.807, 2.05) is 106 Å². The first kappa shape index (κ1) is 31.9. The van der Waals surface area contributed by atoms with Gasteiger partial charge in [-0.1, -0.05) is 99.6 Å². The number of rotatable bonds is 9. The molecule has 41 heavy (non-hydrogen) atoms. The fraction of sp³-hybridized carbons (Fsp3) is 0.444. The van der Waals surface area contributed by atoms with Crippen molar-refractivity contribution in [2.24, 2.45) is 21.7 Å². The number of nitrogen functional groups attached to an aromatic ring is 1. The van der Waals surface area contributed by atoms with Gasteiger partial charge in [0.05, 0.1) is 0 Å². The monoisotopic (exact) mass is 555 g/mol. The molecule has 0 aliphatic heterocycles. The first-order valence-corrected chi connectivity index (χ1v) is 14.3. The van der Waals surface area contributed by atoms with Crippen molar-refractivity contribution >= 4 is 39.6 Å². The quantitative estimate of drug-likeness (QED) is 0.210. The molecule has 0 unspecified atom stereocenters. The minimum atomic E-state index is -0.763. The lowest BCUT2D eigenvalue weighted by atomic mass is 9.72. The molecule has 3 rings (SSSR count). The number of carbonyl (C=O) groups excluding carboxylic acids is 4. The molecule has 218 valence electrons. The van der Waals surface area contributed by atoms with Crippen LogP contribution in [0.1, 0.15) is 124 Å². The fourth-order valence-electron chi connectivity index (χ4n) is 4.91. The molecule has 0 aliphatic carbocycles. The predicted molar refractivity (Wildman–Crippen MR) is 168 cm³/mol. The molecule has 0 bridgehead atoms. The van der Waals surface area contributed by atoms with Crippen molar-refractivity contribution < 1.29 is 19.2 Å². The van der Waals surface area contributed by atoms with Gasteiger partial charge >= 0.3 is 0 Å². The lowest BCUT2D eigenvalue weighted by Gasteiger charge is -2.30. The highest BCUT2D eigenvalue weighted by Crippen LogP contribution is 2.37. The van der Waals surface area contributed by atoms with E-state index in [9.17, 15) is 19.2 Å². The van der Waals surface area contributed by atoms with Crippen LogP contribution in [0.15, 0.2) is 54.6 Å². The van der Waals surface area contributed by atoms with Crippen molar-refractivity contribution in [1.29, 1.82) is 0 Å². The van der Waals surface area contributed by atoms with Gasteiger partial charge in [-0.2, -0.15) is 0 Å². The van der Waals surface area contributed by atoms with Gasteiger partial charge in [0.15, 0.2) is 23.1 Å². The molecule has 3 aromatic rings. The first-order valence-electron chi connectivity index (χ1n) is 14.3. The SMILES string of the molecule is CC(C)(C)C(=O)c1ccc(C(=O)C(C)(C)CCC(C)(C)C(=O)c2ccc3cc(C(=O)C(C)(C)C)ccc3c2)c(N)c1. The summed E-state index contributed by atoms with van der Waals surface area (Å²) in [6.07, 6.45) is 0.987. The molecule has 2 N–H and O–H groups in total. The molecule has 0 atom stereocenters. The number of carbonyl (C=O) groups is 4. The average molecular weight is 556 g/mol. The molecular formula is C36H45NO4. The molecule has 0 heterocycles. The van der Waals surface area contributed by atoms with Gasteiger partial charge in [0.25, 0.3) is 0 Å². The number of nitrogens with two attached hydrogens (primary N) is 1. The van der Waals surface area contributed by atoms with Crippen molar-refractivity contribution in [2.45, 2.75) is 82.1 Å². The van der Waals surface area contributed by atoms with Crippen molar-refractivity contribution in [3.63, 3.8) is 0 Å². The van der Waals surface area contributed by atoms with E-state index in [0.717, 1.165) is 10.8 Å². The van der Waals surface area contributed by atoms with Crippen LogP contribution in [-0.2, 0) is 0 Å². The summed E-state index contributed by atoms with van der Waals surface area (Å²) in [5.74, 6) is -0.0643. The molecule has 5 heteroatoms. The standard InChI is InChI=1S/C36H45NO4/c1-33(2,3)29(38)24-13-11-23-20-25(14-12-22(23)19-24)31(40)35(7,8)17-18-36(9,10)32(41)27-16-15-26(21-28(27)37)30(39)34(4,5)6/h11-16,19-21H,17-18,37H2,1-10H3. The Labute approximate surface area is 244 Å². The van der Waals surface area contributed by atoms with E-state index in [1.54, 1.807) is 18.2 Å². The number of hydrogen-bond donors (Lipinski definition) is 1. The molecule has 0 fully saturated rings. The van der Waals surface area contributed by atoms with Gasteiger partial charge in [0.1, 0.15) is 0 Å². The van der Waals surface area contributed by atoms with Crippen LogP contribution < -0.4 is 5.73 Å². The molecule has 0 spiro atoms. The third kappa shape index (κ3) is 7.01. The van der Waals surface area contributed by atoms with E-state index in [4.69, 9.17) is 5.73 Å². The Kier molecular flexibility index (Phi) is 8.56. The molecule has 3 aromatic carbocycles. The largest absolute Gasteiger partial charge is 0.398 e. The average Bonchev–Trinajstić information content (AvgIpc) is 2.88. The van der Waals surface area contributed by atoms with E-state index >= 15 is 0 Å². The van der Waals surface area contributed by atoms with Crippen LogP contribution in [0.3, 0.4) is 0 Å². The van der Waals surface area contributed by atoms with Crippen LogP contribution in [0.5, 0.6) is 0 Å².